The van der Waals surface area contributed by atoms with Gasteiger partial charge in [0.25, 0.3) is 0 Å². The molecule has 0 atom stereocenters. The summed E-state index contributed by atoms with van der Waals surface area (Å²) in [5.74, 6) is -0.628. The van der Waals surface area contributed by atoms with Gasteiger partial charge in [0.1, 0.15) is 0 Å². The van der Waals surface area contributed by atoms with Gasteiger partial charge in [-0.1, -0.05) is 43.9 Å². The zero-order valence-corrected chi connectivity index (χ0v) is 11.6. The summed E-state index contributed by atoms with van der Waals surface area (Å²) in [6.45, 7) is 0.604. The topological polar surface area (TPSA) is 40.5 Å². The Hall–Kier alpha value is -1.51. The van der Waals surface area contributed by atoms with E-state index in [0.29, 0.717) is 6.54 Å². The Balaban J connectivity index is 2.14. The fraction of sp³-hybridized carbons (Fsp3) is 0.562. The Morgan fingerprint density at radius 1 is 1.16 bits per heavy atom. The van der Waals surface area contributed by atoms with Crippen molar-refractivity contribution < 1.29 is 9.90 Å². The number of nitrogens with zero attached hydrogens (tertiary/aromatic N) is 1. The van der Waals surface area contributed by atoms with Crippen LogP contribution in [0.2, 0.25) is 0 Å². The largest absolute Gasteiger partial charge is 0.481 e. The van der Waals surface area contributed by atoms with Crippen molar-refractivity contribution in [1.29, 1.82) is 0 Å². The smallest absolute Gasteiger partial charge is 0.311 e. The zero-order chi connectivity index (χ0) is 13.7. The van der Waals surface area contributed by atoms with Crippen molar-refractivity contribution in [3.8, 4) is 0 Å². The highest BCUT2D eigenvalue weighted by atomic mass is 16.4. The first kappa shape index (κ1) is 13.9. The predicted octanol–water partition coefficient (Wildman–Crippen LogP) is 3.55. The second-order valence-electron chi connectivity index (χ2n) is 5.69. The minimum atomic E-state index is -0.628. The van der Waals surface area contributed by atoms with Crippen LogP contribution in [0.1, 0.15) is 38.5 Å². The van der Waals surface area contributed by atoms with E-state index >= 15 is 0 Å². The summed E-state index contributed by atoms with van der Waals surface area (Å²) in [6, 6.07) is 10.0. The van der Waals surface area contributed by atoms with Crippen LogP contribution in [0.3, 0.4) is 0 Å². The first-order chi connectivity index (χ1) is 9.14. The minimum absolute atomic E-state index is 0.568. The number of para-hydroxylation sites is 1. The van der Waals surface area contributed by atoms with Gasteiger partial charge in [0, 0.05) is 19.3 Å². The molecular weight excluding hydrogens is 238 g/mol. The van der Waals surface area contributed by atoms with E-state index in [4.69, 9.17) is 0 Å². The molecule has 1 N–H and O–H groups in total. The third-order valence-electron chi connectivity index (χ3n) is 4.25. The van der Waals surface area contributed by atoms with Crippen LogP contribution in [0.25, 0.3) is 0 Å². The molecule has 0 heterocycles. The monoisotopic (exact) mass is 261 g/mol. The highest BCUT2D eigenvalue weighted by Crippen LogP contribution is 2.36. The van der Waals surface area contributed by atoms with Gasteiger partial charge < -0.3 is 10.0 Å². The second-order valence-corrected chi connectivity index (χ2v) is 5.69. The Bertz CT molecular complexity index is 408. The first-order valence-corrected chi connectivity index (χ1v) is 7.14. The molecule has 104 valence electrons. The van der Waals surface area contributed by atoms with E-state index in [9.17, 15) is 9.90 Å². The summed E-state index contributed by atoms with van der Waals surface area (Å²) in [5, 5.41) is 9.68. The molecule has 0 aliphatic heterocycles. The average molecular weight is 261 g/mol. The van der Waals surface area contributed by atoms with Gasteiger partial charge in [0.15, 0.2) is 0 Å². The highest BCUT2D eigenvalue weighted by Gasteiger charge is 2.39. The van der Waals surface area contributed by atoms with Gasteiger partial charge in [0.05, 0.1) is 5.41 Å². The van der Waals surface area contributed by atoms with Crippen molar-refractivity contribution in [2.75, 3.05) is 18.5 Å². The molecule has 1 fully saturated rings. The molecule has 0 spiro atoms. The molecule has 0 saturated heterocycles. The maximum Gasteiger partial charge on any atom is 0.311 e. The Kier molecular flexibility index (Phi) is 4.46. The van der Waals surface area contributed by atoms with Crippen molar-refractivity contribution in [1.82, 2.24) is 0 Å². The second kappa shape index (κ2) is 6.09. The third kappa shape index (κ3) is 3.28. The molecule has 0 unspecified atom stereocenters. The van der Waals surface area contributed by atoms with Crippen LogP contribution in [0.5, 0.6) is 0 Å². The predicted molar refractivity (Wildman–Crippen MR) is 77.5 cm³/mol. The molecule has 0 bridgehead atoms. The van der Waals surface area contributed by atoms with Crippen molar-refractivity contribution in [3.63, 3.8) is 0 Å². The van der Waals surface area contributed by atoms with E-state index in [0.717, 1.165) is 31.4 Å². The molecule has 19 heavy (non-hydrogen) atoms. The van der Waals surface area contributed by atoms with E-state index in [1.807, 2.05) is 37.4 Å². The van der Waals surface area contributed by atoms with E-state index in [1.54, 1.807) is 0 Å². The Labute approximate surface area is 115 Å². The van der Waals surface area contributed by atoms with Crippen LogP contribution in [0, 0.1) is 5.41 Å². The third-order valence-corrected chi connectivity index (χ3v) is 4.25. The van der Waals surface area contributed by atoms with Gasteiger partial charge >= 0.3 is 5.97 Å². The number of anilines is 1. The van der Waals surface area contributed by atoms with Crippen molar-refractivity contribution in [2.24, 2.45) is 5.41 Å². The van der Waals surface area contributed by atoms with E-state index in [1.165, 1.54) is 12.8 Å². The van der Waals surface area contributed by atoms with Gasteiger partial charge in [-0.2, -0.15) is 0 Å². The molecule has 1 saturated carbocycles. The summed E-state index contributed by atoms with van der Waals surface area (Å²) in [4.78, 5) is 13.9. The minimum Gasteiger partial charge on any atom is -0.481 e. The Morgan fingerprint density at radius 3 is 2.26 bits per heavy atom. The molecule has 2 rings (SSSR count). The number of carbonyl (C=O) groups is 1. The van der Waals surface area contributed by atoms with Crippen molar-refractivity contribution in [2.45, 2.75) is 38.5 Å². The number of carboxylic acids is 1. The lowest BCUT2D eigenvalue weighted by molar-refractivity contribution is -0.149. The van der Waals surface area contributed by atoms with Gasteiger partial charge in [-0.05, 0) is 25.0 Å². The van der Waals surface area contributed by atoms with Crippen LogP contribution in [0.4, 0.5) is 5.69 Å². The number of carboxylic acid groups (broad SMARTS) is 1. The van der Waals surface area contributed by atoms with E-state index in [-0.39, 0.29) is 0 Å². The van der Waals surface area contributed by atoms with Gasteiger partial charge in [-0.15, -0.1) is 0 Å². The lowest BCUT2D eigenvalue weighted by Crippen LogP contribution is -2.41. The fourth-order valence-corrected chi connectivity index (χ4v) is 3.07. The van der Waals surface area contributed by atoms with Gasteiger partial charge in [-0.25, -0.2) is 0 Å². The van der Waals surface area contributed by atoms with Crippen molar-refractivity contribution >= 4 is 11.7 Å². The average Bonchev–Trinajstić information content (AvgIpc) is 2.66. The summed E-state index contributed by atoms with van der Waals surface area (Å²) < 4.78 is 0. The summed E-state index contributed by atoms with van der Waals surface area (Å²) in [6.07, 6.45) is 6.02. The molecule has 1 aliphatic carbocycles. The number of aliphatic carboxylic acids is 1. The number of benzene rings is 1. The van der Waals surface area contributed by atoms with E-state index < -0.39 is 11.4 Å². The van der Waals surface area contributed by atoms with Gasteiger partial charge in [0.2, 0.25) is 0 Å². The fourth-order valence-electron chi connectivity index (χ4n) is 3.07. The van der Waals surface area contributed by atoms with Gasteiger partial charge in [-0.3, -0.25) is 4.79 Å². The first-order valence-electron chi connectivity index (χ1n) is 7.14. The number of rotatable bonds is 4. The molecule has 0 aromatic heterocycles. The normalized spacial score (nSPS) is 18.6. The summed E-state index contributed by atoms with van der Waals surface area (Å²) in [5.41, 5.74) is 0.522. The van der Waals surface area contributed by atoms with Crippen LogP contribution >= 0.6 is 0 Å². The molecule has 0 amide bonds. The zero-order valence-electron chi connectivity index (χ0n) is 11.6. The lowest BCUT2D eigenvalue weighted by atomic mass is 9.80. The summed E-state index contributed by atoms with van der Waals surface area (Å²) in [7, 11) is 1.99. The lowest BCUT2D eigenvalue weighted by Gasteiger charge is -2.33. The van der Waals surface area contributed by atoms with Crippen LogP contribution in [-0.4, -0.2) is 24.7 Å². The van der Waals surface area contributed by atoms with Crippen molar-refractivity contribution in [3.05, 3.63) is 30.3 Å². The molecule has 3 heteroatoms. The maximum absolute atomic E-state index is 11.8. The van der Waals surface area contributed by atoms with Crippen LogP contribution < -0.4 is 4.90 Å². The molecule has 1 aliphatic rings. The maximum atomic E-state index is 11.8. The number of hydrogen-bond acceptors (Lipinski definition) is 2. The quantitative estimate of drug-likeness (QED) is 0.843. The molecule has 3 nitrogen and oxygen atoms in total. The Morgan fingerprint density at radius 2 is 1.74 bits per heavy atom. The molecule has 1 aromatic carbocycles. The summed E-state index contributed by atoms with van der Waals surface area (Å²) >= 11 is 0. The van der Waals surface area contributed by atoms with Crippen LogP contribution in [0.15, 0.2) is 30.3 Å². The SMILES string of the molecule is CN(CC1(C(=O)O)CCCCCC1)c1ccccc1. The molecule has 1 aromatic rings. The standard InChI is InChI=1S/C16H23NO2/c1-17(14-9-5-4-6-10-14)13-16(15(18)19)11-7-2-3-8-12-16/h4-6,9-10H,2-3,7-8,11-13H2,1H3,(H,18,19). The van der Waals surface area contributed by atoms with E-state index in [2.05, 4.69) is 4.90 Å². The number of hydrogen-bond donors (Lipinski definition) is 1. The highest BCUT2D eigenvalue weighted by molar-refractivity contribution is 5.75. The molecule has 0 radical (unpaired) electrons. The van der Waals surface area contributed by atoms with Crippen LogP contribution in [-0.2, 0) is 4.79 Å². The molecular formula is C16H23NO2.